The van der Waals surface area contributed by atoms with E-state index in [1.807, 2.05) is 0 Å². The van der Waals surface area contributed by atoms with Crippen LogP contribution in [0.4, 0.5) is 13.2 Å². The minimum absolute atomic E-state index is 0.0200. The molecule has 1 aromatic carbocycles. The summed E-state index contributed by atoms with van der Waals surface area (Å²) >= 11 is 0. The number of hydrogen-bond donors (Lipinski definition) is 1. The van der Waals surface area contributed by atoms with Crippen LogP contribution in [0.2, 0.25) is 0 Å². The van der Waals surface area contributed by atoms with Gasteiger partial charge < -0.3 is 5.32 Å². The minimum Gasteiger partial charge on any atom is -0.310 e. The van der Waals surface area contributed by atoms with Crippen molar-refractivity contribution in [3.05, 3.63) is 35.1 Å². The van der Waals surface area contributed by atoms with Gasteiger partial charge in [0.05, 0.1) is 5.75 Å². The monoisotopic (exact) mass is 295 g/mol. The second-order valence-corrected chi connectivity index (χ2v) is 6.57. The lowest BCUT2D eigenvalue weighted by molar-refractivity contribution is 0.455. The highest BCUT2D eigenvalue weighted by molar-refractivity contribution is 7.90. The third-order valence-electron chi connectivity index (χ3n) is 2.62. The van der Waals surface area contributed by atoms with E-state index >= 15 is 0 Å². The molecule has 1 rings (SSSR count). The van der Waals surface area contributed by atoms with Gasteiger partial charge in [0.15, 0.2) is 0 Å². The Morgan fingerprint density at radius 1 is 1.21 bits per heavy atom. The quantitative estimate of drug-likeness (QED) is 0.875. The van der Waals surface area contributed by atoms with Gasteiger partial charge in [-0.05, 0) is 13.0 Å². The highest BCUT2D eigenvalue weighted by atomic mass is 32.2. The molecule has 0 amide bonds. The molecule has 7 heteroatoms. The highest BCUT2D eigenvalue weighted by Gasteiger charge is 2.22. The number of nitrogens with one attached hydrogen (secondary N) is 1. The van der Waals surface area contributed by atoms with Gasteiger partial charge in [-0.25, -0.2) is 21.6 Å². The summed E-state index contributed by atoms with van der Waals surface area (Å²) in [4.78, 5) is 0. The molecule has 3 nitrogen and oxygen atoms in total. The van der Waals surface area contributed by atoms with E-state index in [2.05, 4.69) is 5.32 Å². The van der Waals surface area contributed by atoms with Gasteiger partial charge >= 0.3 is 0 Å². The van der Waals surface area contributed by atoms with Gasteiger partial charge in [0.1, 0.15) is 27.3 Å². The van der Waals surface area contributed by atoms with Gasteiger partial charge in [-0.15, -0.1) is 0 Å². The molecule has 0 radical (unpaired) electrons. The van der Waals surface area contributed by atoms with Crippen molar-refractivity contribution in [2.24, 2.45) is 0 Å². The Kier molecular flexibility index (Phi) is 5.37. The second-order valence-electron chi connectivity index (χ2n) is 4.31. The lowest BCUT2D eigenvalue weighted by atomic mass is 10.0. The fraction of sp³-hybridized carbons (Fsp3) is 0.500. The van der Waals surface area contributed by atoms with Gasteiger partial charge in [0.25, 0.3) is 0 Å². The first-order valence-corrected chi connectivity index (χ1v) is 7.86. The molecular weight excluding hydrogens is 279 g/mol. The highest BCUT2D eigenvalue weighted by Crippen LogP contribution is 2.25. The smallest absolute Gasteiger partial charge is 0.147 e. The van der Waals surface area contributed by atoms with E-state index in [0.29, 0.717) is 18.7 Å². The summed E-state index contributed by atoms with van der Waals surface area (Å²) < 4.78 is 62.3. The SMILES string of the molecule is CCNC(CCS(C)(=O)=O)c1c(F)cc(F)cc1F. The topological polar surface area (TPSA) is 46.2 Å². The normalized spacial score (nSPS) is 13.5. The van der Waals surface area contributed by atoms with E-state index in [9.17, 15) is 21.6 Å². The van der Waals surface area contributed by atoms with Crippen molar-refractivity contribution in [1.29, 1.82) is 0 Å². The maximum absolute atomic E-state index is 13.6. The van der Waals surface area contributed by atoms with Crippen LogP contribution < -0.4 is 5.32 Å². The summed E-state index contributed by atoms with van der Waals surface area (Å²) in [5.41, 5.74) is -0.327. The van der Waals surface area contributed by atoms with Crippen molar-refractivity contribution in [2.45, 2.75) is 19.4 Å². The minimum atomic E-state index is -3.24. The van der Waals surface area contributed by atoms with Gasteiger partial charge in [0.2, 0.25) is 0 Å². The first-order valence-electron chi connectivity index (χ1n) is 5.80. The van der Waals surface area contributed by atoms with Crippen molar-refractivity contribution in [2.75, 3.05) is 18.6 Å². The maximum Gasteiger partial charge on any atom is 0.147 e. The van der Waals surface area contributed by atoms with Crippen molar-refractivity contribution >= 4 is 9.84 Å². The summed E-state index contributed by atoms with van der Waals surface area (Å²) in [6.45, 7) is 2.14. The second kappa shape index (κ2) is 6.38. The summed E-state index contributed by atoms with van der Waals surface area (Å²) in [6, 6.07) is 0.368. The van der Waals surface area contributed by atoms with Crippen molar-refractivity contribution in [1.82, 2.24) is 5.32 Å². The Hall–Kier alpha value is -1.08. The van der Waals surface area contributed by atoms with Crippen LogP contribution in [0.3, 0.4) is 0 Å². The van der Waals surface area contributed by atoms with E-state index < -0.39 is 33.3 Å². The van der Waals surface area contributed by atoms with E-state index in [1.165, 1.54) is 0 Å². The Morgan fingerprint density at radius 2 is 1.74 bits per heavy atom. The van der Waals surface area contributed by atoms with Crippen LogP contribution in [0, 0.1) is 17.5 Å². The van der Waals surface area contributed by atoms with Crippen molar-refractivity contribution in [3.63, 3.8) is 0 Å². The van der Waals surface area contributed by atoms with Crippen LogP contribution in [0.25, 0.3) is 0 Å². The third kappa shape index (κ3) is 4.83. The zero-order valence-electron chi connectivity index (χ0n) is 10.7. The predicted molar refractivity (Wildman–Crippen MR) is 67.1 cm³/mol. The van der Waals surface area contributed by atoms with Crippen molar-refractivity contribution < 1.29 is 21.6 Å². The van der Waals surface area contributed by atoms with Gasteiger partial charge in [-0.2, -0.15) is 0 Å². The molecule has 0 aliphatic heterocycles. The van der Waals surface area contributed by atoms with Gasteiger partial charge in [-0.3, -0.25) is 0 Å². The van der Waals surface area contributed by atoms with E-state index in [0.717, 1.165) is 6.26 Å². The first kappa shape index (κ1) is 16.0. The standard InChI is InChI=1S/C12H16F3NO2S/c1-3-16-11(4-5-19(2,17)18)12-9(14)6-8(13)7-10(12)15/h6-7,11,16H,3-5H2,1-2H3. The summed E-state index contributed by atoms with van der Waals surface area (Å²) in [7, 11) is -3.24. The Morgan fingerprint density at radius 3 is 2.16 bits per heavy atom. The molecule has 0 aliphatic rings. The van der Waals surface area contributed by atoms with Gasteiger partial charge in [0, 0.05) is 30.0 Å². The molecule has 0 spiro atoms. The first-order chi connectivity index (χ1) is 8.74. The zero-order chi connectivity index (χ0) is 14.6. The fourth-order valence-electron chi connectivity index (χ4n) is 1.81. The third-order valence-corrected chi connectivity index (χ3v) is 3.60. The van der Waals surface area contributed by atoms with E-state index in [1.54, 1.807) is 6.92 Å². The lowest BCUT2D eigenvalue weighted by Crippen LogP contribution is -2.25. The Bertz CT molecular complexity index is 523. The number of halogens is 3. The van der Waals surface area contributed by atoms with Crippen molar-refractivity contribution in [3.8, 4) is 0 Å². The van der Waals surface area contributed by atoms with Crippen LogP contribution in [-0.2, 0) is 9.84 Å². The van der Waals surface area contributed by atoms with Gasteiger partial charge in [-0.1, -0.05) is 6.92 Å². The molecule has 0 heterocycles. The van der Waals surface area contributed by atoms with E-state index in [-0.39, 0.29) is 17.7 Å². The Labute approximate surface area is 110 Å². The molecule has 1 atom stereocenters. The maximum atomic E-state index is 13.6. The Balaban J connectivity index is 3.05. The molecule has 0 saturated heterocycles. The van der Waals surface area contributed by atoms with E-state index in [4.69, 9.17) is 0 Å². The number of hydrogen-bond acceptors (Lipinski definition) is 3. The lowest BCUT2D eigenvalue weighted by Gasteiger charge is -2.19. The fourth-order valence-corrected chi connectivity index (χ4v) is 2.48. The molecule has 19 heavy (non-hydrogen) atoms. The largest absolute Gasteiger partial charge is 0.310 e. The van der Waals surface area contributed by atoms with Crippen LogP contribution in [0.5, 0.6) is 0 Å². The zero-order valence-corrected chi connectivity index (χ0v) is 11.5. The predicted octanol–water partition coefficient (Wildman–Crippen LogP) is 2.19. The number of rotatable bonds is 6. The van der Waals surface area contributed by atoms with Crippen LogP contribution in [0.15, 0.2) is 12.1 Å². The average molecular weight is 295 g/mol. The molecule has 108 valence electrons. The molecule has 1 aromatic rings. The summed E-state index contributed by atoms with van der Waals surface area (Å²) in [5.74, 6) is -3.24. The number of sulfone groups is 1. The molecule has 0 saturated carbocycles. The molecular formula is C12H16F3NO2S. The molecule has 0 aromatic heterocycles. The number of benzene rings is 1. The molecule has 0 aliphatic carbocycles. The van der Waals surface area contributed by atoms with Crippen LogP contribution in [-0.4, -0.2) is 27.0 Å². The van der Waals surface area contributed by atoms with Crippen LogP contribution in [0.1, 0.15) is 24.9 Å². The molecule has 1 unspecified atom stereocenters. The van der Waals surface area contributed by atoms with Crippen LogP contribution >= 0.6 is 0 Å². The molecule has 0 fully saturated rings. The molecule has 0 bridgehead atoms. The average Bonchev–Trinajstić information content (AvgIpc) is 2.23. The molecule has 1 N–H and O–H groups in total. The summed E-state index contributed by atoms with van der Waals surface area (Å²) in [6.07, 6.45) is 1.07. The summed E-state index contributed by atoms with van der Waals surface area (Å²) in [5, 5.41) is 2.81.